The smallest absolute Gasteiger partial charge is 0.289 e. The molecule has 1 aromatic rings. The first kappa shape index (κ1) is 16.2. The van der Waals surface area contributed by atoms with Gasteiger partial charge < -0.3 is 9.64 Å². The Morgan fingerprint density at radius 1 is 1.26 bits per heavy atom. The number of morpholine rings is 1. The fourth-order valence-electron chi connectivity index (χ4n) is 2.98. The molecule has 1 aliphatic carbocycles. The van der Waals surface area contributed by atoms with Crippen molar-refractivity contribution in [1.29, 1.82) is 0 Å². The van der Waals surface area contributed by atoms with Gasteiger partial charge in [-0.05, 0) is 12.8 Å². The van der Waals surface area contributed by atoms with E-state index in [0.29, 0.717) is 18.9 Å². The summed E-state index contributed by atoms with van der Waals surface area (Å²) in [5, 5.41) is 2.52. The maximum absolute atomic E-state index is 12.2. The third-order valence-corrected chi connectivity index (χ3v) is 5.45. The van der Waals surface area contributed by atoms with Crippen molar-refractivity contribution in [3.8, 4) is 0 Å². The highest BCUT2D eigenvalue weighted by Gasteiger charge is 2.36. The highest BCUT2D eigenvalue weighted by atomic mass is 32.1. The van der Waals surface area contributed by atoms with E-state index in [1.54, 1.807) is 5.38 Å². The number of ether oxygens (including phenoxy) is 1. The molecule has 0 aromatic carbocycles. The summed E-state index contributed by atoms with van der Waals surface area (Å²) in [6.07, 6.45) is 3.86. The van der Waals surface area contributed by atoms with Crippen molar-refractivity contribution in [3.63, 3.8) is 0 Å². The van der Waals surface area contributed by atoms with Crippen LogP contribution < -0.4 is 15.8 Å². The molecule has 2 amide bonds. The minimum atomic E-state index is -0.379. The number of carbonyl (C=O) groups is 2. The van der Waals surface area contributed by atoms with Crippen molar-refractivity contribution in [2.75, 3.05) is 31.2 Å². The standard InChI is InChI=1S/C15H22N4O3S/c1-15(4-2-3-5-15)13(21)18-17-12(20)11-10-23-14(16-11)19-6-8-22-9-7-19/h10H,2-9H2,1H3,(H,17,20)(H,18,21). The number of rotatable bonds is 3. The average molecular weight is 338 g/mol. The van der Waals surface area contributed by atoms with Crippen molar-refractivity contribution in [3.05, 3.63) is 11.1 Å². The second kappa shape index (κ2) is 6.84. The lowest BCUT2D eigenvalue weighted by molar-refractivity contribution is -0.130. The molecule has 2 N–H and O–H groups in total. The third-order valence-electron chi connectivity index (χ3n) is 4.55. The molecule has 7 nitrogen and oxygen atoms in total. The molecular weight excluding hydrogens is 316 g/mol. The quantitative estimate of drug-likeness (QED) is 0.812. The molecule has 0 spiro atoms. The van der Waals surface area contributed by atoms with Crippen LogP contribution in [0.3, 0.4) is 0 Å². The molecule has 0 bridgehead atoms. The van der Waals surface area contributed by atoms with Crippen LogP contribution in [0.15, 0.2) is 5.38 Å². The molecule has 0 atom stereocenters. The molecule has 0 radical (unpaired) electrons. The van der Waals surface area contributed by atoms with Crippen LogP contribution in [-0.4, -0.2) is 43.1 Å². The van der Waals surface area contributed by atoms with E-state index >= 15 is 0 Å². The molecule has 1 saturated heterocycles. The van der Waals surface area contributed by atoms with E-state index in [1.807, 2.05) is 6.92 Å². The Hall–Kier alpha value is -1.67. The fraction of sp³-hybridized carbons (Fsp3) is 0.667. The van der Waals surface area contributed by atoms with Gasteiger partial charge in [0.25, 0.3) is 5.91 Å². The summed E-state index contributed by atoms with van der Waals surface area (Å²) < 4.78 is 5.31. The predicted molar refractivity (Wildman–Crippen MR) is 87.3 cm³/mol. The van der Waals surface area contributed by atoms with E-state index in [1.165, 1.54) is 11.3 Å². The molecule has 1 aromatic heterocycles. The number of aromatic nitrogens is 1. The Morgan fingerprint density at radius 2 is 1.96 bits per heavy atom. The van der Waals surface area contributed by atoms with Crippen molar-refractivity contribution in [1.82, 2.24) is 15.8 Å². The van der Waals surface area contributed by atoms with E-state index in [2.05, 4.69) is 20.7 Å². The van der Waals surface area contributed by atoms with Gasteiger partial charge in [0.05, 0.1) is 13.2 Å². The van der Waals surface area contributed by atoms with Crippen LogP contribution in [0.1, 0.15) is 43.1 Å². The van der Waals surface area contributed by atoms with Crippen molar-refractivity contribution < 1.29 is 14.3 Å². The number of nitrogens with zero attached hydrogens (tertiary/aromatic N) is 2. The first-order valence-corrected chi connectivity index (χ1v) is 8.85. The van der Waals surface area contributed by atoms with E-state index < -0.39 is 0 Å². The van der Waals surface area contributed by atoms with Crippen LogP contribution >= 0.6 is 11.3 Å². The predicted octanol–water partition coefficient (Wildman–Crippen LogP) is 1.32. The van der Waals surface area contributed by atoms with Gasteiger partial charge >= 0.3 is 0 Å². The number of thiazole rings is 1. The van der Waals surface area contributed by atoms with Crippen LogP contribution in [0.5, 0.6) is 0 Å². The molecular formula is C15H22N4O3S. The molecule has 1 aliphatic heterocycles. The zero-order valence-electron chi connectivity index (χ0n) is 13.3. The lowest BCUT2D eigenvalue weighted by Crippen LogP contribution is -2.47. The number of nitrogens with one attached hydrogen (secondary N) is 2. The maximum atomic E-state index is 12.2. The van der Waals surface area contributed by atoms with Crippen LogP contribution in [-0.2, 0) is 9.53 Å². The summed E-state index contributed by atoms with van der Waals surface area (Å²) in [5.41, 5.74) is 4.98. The summed E-state index contributed by atoms with van der Waals surface area (Å²) in [7, 11) is 0. The SMILES string of the molecule is CC1(C(=O)NNC(=O)c2csc(N3CCOCC3)n2)CCCC1. The van der Waals surface area contributed by atoms with Gasteiger partial charge in [0.2, 0.25) is 5.91 Å². The lowest BCUT2D eigenvalue weighted by Gasteiger charge is -2.26. The zero-order chi connectivity index (χ0) is 16.3. The van der Waals surface area contributed by atoms with Gasteiger partial charge in [0.1, 0.15) is 5.69 Å². The molecule has 2 aliphatic rings. The third kappa shape index (κ3) is 3.64. The van der Waals surface area contributed by atoms with E-state index in [-0.39, 0.29) is 17.2 Å². The first-order chi connectivity index (χ1) is 11.1. The van der Waals surface area contributed by atoms with Gasteiger partial charge in [-0.2, -0.15) is 0 Å². The number of anilines is 1. The van der Waals surface area contributed by atoms with E-state index in [4.69, 9.17) is 4.74 Å². The average Bonchev–Trinajstić information content (AvgIpc) is 3.23. The number of carbonyl (C=O) groups excluding carboxylic acids is 2. The number of hydrazine groups is 1. The molecule has 1 saturated carbocycles. The van der Waals surface area contributed by atoms with Crippen LogP contribution in [0, 0.1) is 5.41 Å². The topological polar surface area (TPSA) is 83.6 Å². The minimum Gasteiger partial charge on any atom is -0.378 e. The van der Waals surface area contributed by atoms with E-state index in [9.17, 15) is 9.59 Å². The van der Waals surface area contributed by atoms with Gasteiger partial charge in [-0.25, -0.2) is 4.98 Å². The summed E-state index contributed by atoms with van der Waals surface area (Å²) in [4.78, 5) is 30.8. The van der Waals surface area contributed by atoms with E-state index in [0.717, 1.165) is 43.9 Å². The monoisotopic (exact) mass is 338 g/mol. The molecule has 3 rings (SSSR count). The number of hydrogen-bond acceptors (Lipinski definition) is 6. The van der Waals surface area contributed by atoms with Crippen LogP contribution in [0.4, 0.5) is 5.13 Å². The Balaban J connectivity index is 1.54. The molecule has 2 heterocycles. The van der Waals surface area contributed by atoms with Gasteiger partial charge in [0, 0.05) is 23.9 Å². The Labute approximate surface area is 139 Å². The normalized spacial score (nSPS) is 20.3. The summed E-state index contributed by atoms with van der Waals surface area (Å²) in [6, 6.07) is 0. The van der Waals surface area contributed by atoms with Crippen molar-refractivity contribution in [2.45, 2.75) is 32.6 Å². The summed E-state index contributed by atoms with van der Waals surface area (Å²) in [6.45, 7) is 4.86. The van der Waals surface area contributed by atoms with Crippen molar-refractivity contribution in [2.24, 2.45) is 5.41 Å². The zero-order valence-corrected chi connectivity index (χ0v) is 14.1. The lowest BCUT2D eigenvalue weighted by atomic mass is 9.88. The Kier molecular flexibility index (Phi) is 4.82. The minimum absolute atomic E-state index is 0.119. The highest BCUT2D eigenvalue weighted by molar-refractivity contribution is 7.13. The Bertz CT molecular complexity index is 577. The summed E-state index contributed by atoms with van der Waals surface area (Å²) >= 11 is 1.43. The van der Waals surface area contributed by atoms with Crippen LogP contribution in [0.25, 0.3) is 0 Å². The number of hydrogen-bond donors (Lipinski definition) is 2. The van der Waals surface area contributed by atoms with Crippen LogP contribution in [0.2, 0.25) is 0 Å². The Morgan fingerprint density at radius 3 is 2.65 bits per heavy atom. The number of amides is 2. The molecule has 2 fully saturated rings. The van der Waals surface area contributed by atoms with Gasteiger partial charge in [-0.3, -0.25) is 20.4 Å². The summed E-state index contributed by atoms with van der Waals surface area (Å²) in [5.74, 6) is -0.498. The molecule has 126 valence electrons. The van der Waals surface area contributed by atoms with Gasteiger partial charge in [-0.15, -0.1) is 11.3 Å². The first-order valence-electron chi connectivity index (χ1n) is 7.97. The fourth-order valence-corrected chi connectivity index (χ4v) is 3.84. The second-order valence-electron chi connectivity index (χ2n) is 6.29. The highest BCUT2D eigenvalue weighted by Crippen LogP contribution is 2.37. The van der Waals surface area contributed by atoms with Gasteiger partial charge in [-0.1, -0.05) is 19.8 Å². The molecule has 0 unspecified atom stereocenters. The molecule has 23 heavy (non-hydrogen) atoms. The maximum Gasteiger partial charge on any atom is 0.289 e. The second-order valence-corrected chi connectivity index (χ2v) is 7.13. The molecule has 8 heteroatoms. The largest absolute Gasteiger partial charge is 0.378 e. The van der Waals surface area contributed by atoms with Gasteiger partial charge in [0.15, 0.2) is 5.13 Å². The van der Waals surface area contributed by atoms with Crippen molar-refractivity contribution >= 4 is 28.3 Å².